The standard InChI is InChI=1S/C20H28N2O3.C2H4O2/c1-14-7-4-5-8-16(14)20-17-13-22(12-15(17)11-21(20)2)18(23)9-6-10-19(24)25-3;1-2(3)4/h4-5,7-8,15,17,20H,6,9-13H2,1-3H3;1H3,(H,3,4)/t15-,17+,20+;/m0./s1. The molecule has 3 rings (SSSR count). The summed E-state index contributed by atoms with van der Waals surface area (Å²) in [7, 11) is 3.58. The van der Waals surface area contributed by atoms with E-state index in [0.717, 1.165) is 26.6 Å². The molecule has 2 heterocycles. The van der Waals surface area contributed by atoms with E-state index in [1.165, 1.54) is 18.2 Å². The Balaban J connectivity index is 0.000000687. The molecule has 1 aromatic carbocycles. The maximum atomic E-state index is 12.5. The number of carboxylic acids is 1. The Morgan fingerprint density at radius 2 is 1.79 bits per heavy atom. The molecule has 7 nitrogen and oxygen atoms in total. The number of ether oxygens (including phenoxy) is 1. The number of nitrogens with zero attached hydrogens (tertiary/aromatic N) is 2. The second kappa shape index (κ2) is 10.4. The van der Waals surface area contributed by atoms with Gasteiger partial charge in [-0.15, -0.1) is 0 Å². The molecule has 160 valence electrons. The molecule has 0 aromatic heterocycles. The van der Waals surface area contributed by atoms with Gasteiger partial charge in [0.1, 0.15) is 0 Å². The second-order valence-electron chi connectivity index (χ2n) is 7.91. The fourth-order valence-corrected chi connectivity index (χ4v) is 4.49. The van der Waals surface area contributed by atoms with E-state index in [9.17, 15) is 9.59 Å². The highest BCUT2D eigenvalue weighted by Crippen LogP contribution is 2.44. The zero-order valence-corrected chi connectivity index (χ0v) is 17.8. The summed E-state index contributed by atoms with van der Waals surface area (Å²) < 4.78 is 4.63. The van der Waals surface area contributed by atoms with Crippen LogP contribution in [-0.2, 0) is 19.1 Å². The minimum Gasteiger partial charge on any atom is -0.481 e. The van der Waals surface area contributed by atoms with Crippen molar-refractivity contribution >= 4 is 17.8 Å². The molecule has 3 atom stereocenters. The molecule has 7 heteroatoms. The number of aliphatic carboxylic acids is 1. The van der Waals surface area contributed by atoms with Crippen molar-refractivity contribution in [1.82, 2.24) is 9.80 Å². The summed E-state index contributed by atoms with van der Waals surface area (Å²) in [6.07, 6.45) is 1.31. The van der Waals surface area contributed by atoms with Crippen LogP contribution >= 0.6 is 0 Å². The fraction of sp³-hybridized carbons (Fsp3) is 0.591. The molecule has 2 aliphatic heterocycles. The molecule has 0 saturated carbocycles. The van der Waals surface area contributed by atoms with Gasteiger partial charge in [0.05, 0.1) is 7.11 Å². The predicted molar refractivity (Wildman–Crippen MR) is 109 cm³/mol. The van der Waals surface area contributed by atoms with Gasteiger partial charge in [-0.05, 0) is 37.4 Å². The van der Waals surface area contributed by atoms with Crippen LogP contribution in [-0.4, -0.2) is 66.5 Å². The summed E-state index contributed by atoms with van der Waals surface area (Å²) in [5, 5.41) is 7.42. The Kier molecular flexibility index (Phi) is 8.20. The molecule has 0 spiro atoms. The lowest BCUT2D eigenvalue weighted by Gasteiger charge is -2.28. The van der Waals surface area contributed by atoms with Gasteiger partial charge in [0, 0.05) is 51.4 Å². The quantitative estimate of drug-likeness (QED) is 0.759. The maximum absolute atomic E-state index is 12.5. The number of fused-ring (bicyclic) bond motifs is 1. The van der Waals surface area contributed by atoms with Crippen molar-refractivity contribution in [3.05, 3.63) is 35.4 Å². The molecule has 2 fully saturated rings. The summed E-state index contributed by atoms with van der Waals surface area (Å²) >= 11 is 0. The van der Waals surface area contributed by atoms with Crippen molar-refractivity contribution in [3.8, 4) is 0 Å². The number of benzene rings is 1. The van der Waals surface area contributed by atoms with E-state index >= 15 is 0 Å². The minimum atomic E-state index is -0.833. The Labute approximate surface area is 172 Å². The van der Waals surface area contributed by atoms with Crippen molar-refractivity contribution in [2.45, 2.75) is 39.2 Å². The third-order valence-corrected chi connectivity index (χ3v) is 5.75. The van der Waals surface area contributed by atoms with Gasteiger partial charge in [0.2, 0.25) is 5.91 Å². The van der Waals surface area contributed by atoms with E-state index in [1.54, 1.807) is 0 Å². The lowest BCUT2D eigenvalue weighted by atomic mass is 9.88. The second-order valence-corrected chi connectivity index (χ2v) is 7.91. The first-order valence-electron chi connectivity index (χ1n) is 10.0. The number of rotatable bonds is 5. The number of carbonyl (C=O) groups excluding carboxylic acids is 2. The Bertz CT molecular complexity index is 732. The average molecular weight is 405 g/mol. The van der Waals surface area contributed by atoms with Gasteiger partial charge >= 0.3 is 5.97 Å². The molecule has 2 aliphatic rings. The van der Waals surface area contributed by atoms with Gasteiger partial charge in [-0.1, -0.05) is 24.3 Å². The molecule has 29 heavy (non-hydrogen) atoms. The van der Waals surface area contributed by atoms with Crippen LogP contribution in [0.25, 0.3) is 0 Å². The van der Waals surface area contributed by atoms with Gasteiger partial charge in [0.15, 0.2) is 0 Å². The van der Waals surface area contributed by atoms with Crippen LogP contribution in [0.4, 0.5) is 0 Å². The number of likely N-dealkylation sites (tertiary alicyclic amines) is 2. The zero-order chi connectivity index (χ0) is 21.6. The van der Waals surface area contributed by atoms with E-state index in [4.69, 9.17) is 9.90 Å². The molecular weight excluding hydrogens is 372 g/mol. The van der Waals surface area contributed by atoms with Crippen LogP contribution in [0.1, 0.15) is 43.4 Å². The molecule has 0 bridgehead atoms. The van der Waals surface area contributed by atoms with Crippen LogP contribution in [0.2, 0.25) is 0 Å². The van der Waals surface area contributed by atoms with Crippen molar-refractivity contribution in [2.75, 3.05) is 33.8 Å². The summed E-state index contributed by atoms with van der Waals surface area (Å²) in [6, 6.07) is 8.96. The number of esters is 1. The summed E-state index contributed by atoms with van der Waals surface area (Å²) in [5.74, 6) is 0.131. The molecule has 0 radical (unpaired) electrons. The average Bonchev–Trinajstić information content (AvgIpc) is 3.18. The van der Waals surface area contributed by atoms with Crippen molar-refractivity contribution in [2.24, 2.45) is 11.8 Å². The number of hydrogen-bond acceptors (Lipinski definition) is 5. The monoisotopic (exact) mass is 404 g/mol. The Hall–Kier alpha value is -2.41. The summed E-state index contributed by atoms with van der Waals surface area (Å²) in [4.78, 5) is 37.1. The lowest BCUT2D eigenvalue weighted by molar-refractivity contribution is -0.141. The van der Waals surface area contributed by atoms with Gasteiger partial charge in [-0.3, -0.25) is 19.3 Å². The summed E-state index contributed by atoms with van der Waals surface area (Å²) in [6.45, 7) is 5.95. The van der Waals surface area contributed by atoms with Gasteiger partial charge in [-0.2, -0.15) is 0 Å². The van der Waals surface area contributed by atoms with E-state index < -0.39 is 5.97 Å². The number of aryl methyl sites for hydroxylation is 1. The van der Waals surface area contributed by atoms with Crippen LogP contribution in [0.3, 0.4) is 0 Å². The predicted octanol–water partition coefficient (Wildman–Crippen LogP) is 2.49. The normalized spacial score (nSPS) is 23.2. The molecular formula is C22H32N2O5. The zero-order valence-electron chi connectivity index (χ0n) is 17.8. The molecule has 1 aromatic rings. The first-order valence-corrected chi connectivity index (χ1v) is 10.0. The largest absolute Gasteiger partial charge is 0.481 e. The smallest absolute Gasteiger partial charge is 0.305 e. The van der Waals surface area contributed by atoms with Crippen molar-refractivity contribution < 1.29 is 24.2 Å². The highest BCUT2D eigenvalue weighted by atomic mass is 16.5. The lowest BCUT2D eigenvalue weighted by Crippen LogP contribution is -2.33. The van der Waals surface area contributed by atoms with Crippen LogP contribution < -0.4 is 0 Å². The van der Waals surface area contributed by atoms with E-state index in [2.05, 4.69) is 47.9 Å². The van der Waals surface area contributed by atoms with Crippen molar-refractivity contribution in [1.29, 1.82) is 0 Å². The Morgan fingerprint density at radius 3 is 2.41 bits per heavy atom. The SMILES string of the molecule is CC(=O)O.COC(=O)CCCC(=O)N1C[C@@H]2CN(C)[C@H](c3ccccc3C)[C@@H]2C1. The minimum absolute atomic E-state index is 0.171. The fourth-order valence-electron chi connectivity index (χ4n) is 4.49. The summed E-state index contributed by atoms with van der Waals surface area (Å²) in [5.41, 5.74) is 2.71. The van der Waals surface area contributed by atoms with Gasteiger partial charge in [-0.25, -0.2) is 0 Å². The maximum Gasteiger partial charge on any atom is 0.305 e. The highest BCUT2D eigenvalue weighted by molar-refractivity contribution is 5.77. The van der Waals surface area contributed by atoms with E-state index in [1.807, 2.05) is 4.90 Å². The third-order valence-electron chi connectivity index (χ3n) is 5.75. The van der Waals surface area contributed by atoms with Crippen LogP contribution in [0.15, 0.2) is 24.3 Å². The third kappa shape index (κ3) is 6.03. The topological polar surface area (TPSA) is 87.1 Å². The number of amides is 1. The Morgan fingerprint density at radius 1 is 1.14 bits per heavy atom. The number of carbonyl (C=O) groups is 3. The molecule has 1 amide bonds. The molecule has 1 N–H and O–H groups in total. The molecule has 2 saturated heterocycles. The first kappa shape index (κ1) is 22.9. The highest BCUT2D eigenvalue weighted by Gasteiger charge is 2.47. The van der Waals surface area contributed by atoms with Crippen molar-refractivity contribution in [3.63, 3.8) is 0 Å². The van der Waals surface area contributed by atoms with Crippen LogP contribution in [0.5, 0.6) is 0 Å². The van der Waals surface area contributed by atoms with E-state index in [-0.39, 0.29) is 11.9 Å². The number of methoxy groups -OCH3 is 1. The number of hydrogen-bond donors (Lipinski definition) is 1. The number of carboxylic acid groups (broad SMARTS) is 1. The van der Waals surface area contributed by atoms with E-state index in [0.29, 0.717) is 37.1 Å². The first-order chi connectivity index (χ1) is 13.7. The molecule has 0 aliphatic carbocycles. The van der Waals surface area contributed by atoms with Gasteiger partial charge < -0.3 is 14.7 Å². The van der Waals surface area contributed by atoms with Crippen LogP contribution in [0, 0.1) is 18.8 Å². The molecule has 0 unspecified atom stereocenters. The van der Waals surface area contributed by atoms with Gasteiger partial charge in [0.25, 0.3) is 5.97 Å².